The van der Waals surface area contributed by atoms with Crippen LogP contribution in [-0.4, -0.2) is 49.2 Å². The molecule has 23 heavy (non-hydrogen) atoms. The monoisotopic (exact) mass is 323 g/mol. The van der Waals surface area contributed by atoms with Crippen LogP contribution in [0.2, 0.25) is 0 Å². The molecule has 1 aromatic rings. The second-order valence-corrected chi connectivity index (χ2v) is 5.52. The van der Waals surface area contributed by atoms with E-state index in [4.69, 9.17) is 4.52 Å². The van der Waals surface area contributed by atoms with E-state index in [-0.39, 0.29) is 0 Å². The van der Waals surface area contributed by atoms with Crippen LogP contribution < -0.4 is 10.6 Å². The summed E-state index contributed by atoms with van der Waals surface area (Å²) in [4.78, 5) is 6.73. The third-order valence-corrected chi connectivity index (χ3v) is 3.97. The molecule has 6 nitrogen and oxygen atoms in total. The molecule has 0 saturated heterocycles. The van der Waals surface area contributed by atoms with Gasteiger partial charge in [0.15, 0.2) is 5.96 Å². The molecule has 0 fully saturated rings. The Bertz CT molecular complexity index is 448. The summed E-state index contributed by atoms with van der Waals surface area (Å²) in [6, 6.07) is 0. The van der Waals surface area contributed by atoms with Crippen LogP contribution in [-0.2, 0) is 19.4 Å². The van der Waals surface area contributed by atoms with Crippen molar-refractivity contribution < 1.29 is 4.52 Å². The lowest BCUT2D eigenvalue weighted by atomic mass is 10.1. The third-order valence-electron chi connectivity index (χ3n) is 3.97. The van der Waals surface area contributed by atoms with Crippen molar-refractivity contribution in [3.8, 4) is 0 Å². The van der Waals surface area contributed by atoms with Gasteiger partial charge in [-0.1, -0.05) is 32.9 Å². The standard InChI is InChI=1S/C17H33N5O/c1-6-11-22(9-4)12-10-19-17(18-5)20-13-14-15(7-2)21-23-16(14)8-3/h6-13H2,1-5H3,(H2,18,19,20). The molecule has 6 heteroatoms. The molecule has 0 saturated carbocycles. The Morgan fingerprint density at radius 1 is 1.13 bits per heavy atom. The Kier molecular flexibility index (Phi) is 9.36. The van der Waals surface area contributed by atoms with Crippen molar-refractivity contribution in [3.63, 3.8) is 0 Å². The van der Waals surface area contributed by atoms with E-state index in [1.807, 2.05) is 0 Å². The quantitative estimate of drug-likeness (QED) is 0.510. The molecule has 1 aromatic heterocycles. The fourth-order valence-electron chi connectivity index (χ4n) is 2.61. The van der Waals surface area contributed by atoms with Gasteiger partial charge in [-0.05, 0) is 25.9 Å². The van der Waals surface area contributed by atoms with Crippen LogP contribution in [0.1, 0.15) is 51.1 Å². The zero-order chi connectivity index (χ0) is 17.1. The highest BCUT2D eigenvalue weighted by Gasteiger charge is 2.13. The summed E-state index contributed by atoms with van der Waals surface area (Å²) in [7, 11) is 1.80. The van der Waals surface area contributed by atoms with E-state index < -0.39 is 0 Å². The first-order chi connectivity index (χ1) is 11.2. The molecule has 0 unspecified atom stereocenters. The number of likely N-dealkylation sites (N-methyl/N-ethyl adjacent to an activating group) is 1. The lowest BCUT2D eigenvalue weighted by Gasteiger charge is -2.20. The average Bonchev–Trinajstić information content (AvgIpc) is 2.98. The van der Waals surface area contributed by atoms with Crippen LogP contribution in [0.5, 0.6) is 0 Å². The number of nitrogens with one attached hydrogen (secondary N) is 2. The number of hydrogen-bond donors (Lipinski definition) is 2. The van der Waals surface area contributed by atoms with Gasteiger partial charge >= 0.3 is 0 Å². The fourth-order valence-corrected chi connectivity index (χ4v) is 2.61. The van der Waals surface area contributed by atoms with Gasteiger partial charge in [-0.3, -0.25) is 4.99 Å². The van der Waals surface area contributed by atoms with Crippen LogP contribution in [0.3, 0.4) is 0 Å². The molecule has 0 aliphatic rings. The van der Waals surface area contributed by atoms with Crippen LogP contribution in [0.4, 0.5) is 0 Å². The van der Waals surface area contributed by atoms with Crippen molar-refractivity contribution >= 4 is 5.96 Å². The second-order valence-electron chi connectivity index (χ2n) is 5.52. The summed E-state index contributed by atoms with van der Waals surface area (Å²) in [6.07, 6.45) is 2.93. The van der Waals surface area contributed by atoms with Gasteiger partial charge in [0.1, 0.15) is 5.76 Å². The minimum atomic E-state index is 0.696. The zero-order valence-electron chi connectivity index (χ0n) is 15.4. The van der Waals surface area contributed by atoms with Crippen molar-refractivity contribution in [1.82, 2.24) is 20.7 Å². The van der Waals surface area contributed by atoms with Crippen molar-refractivity contribution in [2.45, 2.75) is 53.5 Å². The SMILES string of the molecule is CCCN(CC)CCNC(=NC)NCc1c(CC)noc1CC. The summed E-state index contributed by atoms with van der Waals surface area (Å²) in [5, 5.41) is 10.9. The molecule has 132 valence electrons. The van der Waals surface area contributed by atoms with Gasteiger partial charge < -0.3 is 20.1 Å². The smallest absolute Gasteiger partial charge is 0.191 e. The minimum Gasteiger partial charge on any atom is -0.361 e. The highest BCUT2D eigenvalue weighted by Crippen LogP contribution is 2.15. The number of aliphatic imine (C=N–C) groups is 1. The summed E-state index contributed by atoms with van der Waals surface area (Å²) in [5.41, 5.74) is 2.20. The molecule has 2 N–H and O–H groups in total. The molecule has 0 amide bonds. The van der Waals surface area contributed by atoms with Crippen molar-refractivity contribution in [2.75, 3.05) is 33.2 Å². The number of aryl methyl sites for hydroxylation is 2. The van der Waals surface area contributed by atoms with E-state index in [0.717, 1.165) is 56.4 Å². The van der Waals surface area contributed by atoms with Gasteiger partial charge in [0.25, 0.3) is 0 Å². The summed E-state index contributed by atoms with van der Waals surface area (Å²) >= 11 is 0. The highest BCUT2D eigenvalue weighted by molar-refractivity contribution is 5.79. The van der Waals surface area contributed by atoms with E-state index >= 15 is 0 Å². The van der Waals surface area contributed by atoms with Gasteiger partial charge in [-0.15, -0.1) is 0 Å². The lowest BCUT2D eigenvalue weighted by molar-refractivity contribution is 0.293. The van der Waals surface area contributed by atoms with E-state index in [1.54, 1.807) is 7.05 Å². The molecule has 0 radical (unpaired) electrons. The number of hydrogen-bond acceptors (Lipinski definition) is 4. The second kappa shape index (κ2) is 11.0. The maximum absolute atomic E-state index is 5.40. The first-order valence-corrected chi connectivity index (χ1v) is 8.83. The van der Waals surface area contributed by atoms with Crippen LogP contribution in [0.15, 0.2) is 9.52 Å². The van der Waals surface area contributed by atoms with E-state index in [2.05, 4.69) is 53.4 Å². The minimum absolute atomic E-state index is 0.696. The number of rotatable bonds is 10. The Hall–Kier alpha value is -1.56. The Morgan fingerprint density at radius 3 is 2.48 bits per heavy atom. The molecule has 0 aromatic carbocycles. The normalized spacial score (nSPS) is 12.0. The molecule has 0 aliphatic heterocycles. The van der Waals surface area contributed by atoms with Crippen LogP contribution in [0.25, 0.3) is 0 Å². The first-order valence-electron chi connectivity index (χ1n) is 8.83. The highest BCUT2D eigenvalue weighted by atomic mass is 16.5. The largest absolute Gasteiger partial charge is 0.361 e. The van der Waals surface area contributed by atoms with Crippen molar-refractivity contribution in [1.29, 1.82) is 0 Å². The van der Waals surface area contributed by atoms with E-state index in [1.165, 1.54) is 12.0 Å². The number of nitrogens with zero attached hydrogens (tertiary/aromatic N) is 3. The third kappa shape index (κ3) is 6.22. The zero-order valence-corrected chi connectivity index (χ0v) is 15.4. The lowest BCUT2D eigenvalue weighted by Crippen LogP contribution is -2.41. The summed E-state index contributed by atoms with van der Waals surface area (Å²) < 4.78 is 5.40. The average molecular weight is 323 g/mol. The molecule has 0 spiro atoms. The molecule has 1 heterocycles. The van der Waals surface area contributed by atoms with Crippen molar-refractivity contribution in [2.24, 2.45) is 4.99 Å². The fraction of sp³-hybridized carbons (Fsp3) is 0.765. The molecular formula is C17H33N5O. The molecule has 0 bridgehead atoms. The van der Waals surface area contributed by atoms with Crippen molar-refractivity contribution in [3.05, 3.63) is 17.0 Å². The van der Waals surface area contributed by atoms with E-state index in [9.17, 15) is 0 Å². The number of guanidine groups is 1. The van der Waals surface area contributed by atoms with Crippen LogP contribution >= 0.6 is 0 Å². The van der Waals surface area contributed by atoms with Gasteiger partial charge in [-0.2, -0.15) is 0 Å². The molecular weight excluding hydrogens is 290 g/mol. The first kappa shape index (κ1) is 19.5. The summed E-state index contributed by atoms with van der Waals surface area (Å²) in [6.45, 7) is 13.4. The molecule has 1 rings (SSSR count). The predicted octanol–water partition coefficient (Wildman–Crippen LogP) is 2.20. The Balaban J connectivity index is 2.47. The summed E-state index contributed by atoms with van der Waals surface area (Å²) in [5.74, 6) is 1.78. The molecule has 0 atom stereocenters. The van der Waals surface area contributed by atoms with Gasteiger partial charge in [0.2, 0.25) is 0 Å². The maximum Gasteiger partial charge on any atom is 0.191 e. The van der Waals surface area contributed by atoms with Crippen LogP contribution in [0, 0.1) is 0 Å². The van der Waals surface area contributed by atoms with E-state index in [0.29, 0.717) is 6.54 Å². The van der Waals surface area contributed by atoms with Gasteiger partial charge in [0, 0.05) is 38.7 Å². The Labute approximate surface area is 140 Å². The van der Waals surface area contributed by atoms with Gasteiger partial charge in [0.05, 0.1) is 5.69 Å². The Morgan fingerprint density at radius 2 is 1.91 bits per heavy atom. The maximum atomic E-state index is 5.40. The molecule has 0 aliphatic carbocycles. The topological polar surface area (TPSA) is 65.7 Å². The van der Waals surface area contributed by atoms with Gasteiger partial charge in [-0.25, -0.2) is 0 Å². The predicted molar refractivity (Wildman–Crippen MR) is 95.9 cm³/mol. The number of aromatic nitrogens is 1.